The third-order valence-electron chi connectivity index (χ3n) is 6.44. The van der Waals surface area contributed by atoms with Crippen molar-refractivity contribution in [2.24, 2.45) is 10.2 Å². The van der Waals surface area contributed by atoms with Gasteiger partial charge in [-0.15, -0.1) is 5.11 Å². The lowest BCUT2D eigenvalue weighted by molar-refractivity contribution is -0.384. The van der Waals surface area contributed by atoms with Gasteiger partial charge in [0.15, 0.2) is 5.75 Å². The minimum absolute atomic E-state index is 0.00216. The average molecular weight is 607 g/mol. The predicted octanol–water partition coefficient (Wildman–Crippen LogP) is 5.07. The summed E-state index contributed by atoms with van der Waals surface area (Å²) in [4.78, 5) is 83.6. The third-order valence-corrected chi connectivity index (χ3v) is 6.44. The smallest absolute Gasteiger partial charge is 0.346 e. The standard InChI is InChI=1S/C30H13N3O12/c34-25(14-1-8-19-21(11-14)29(38)44-27(19)36)42-18-7-10-23(32-31-16-3-5-17(6-4-16)33(40)41)24(13-18)43-26(35)15-2-9-20-22(12-15)30(39)45-28(20)37/h1-13H. The molecular formula is C30H13N3O12. The molecule has 0 saturated heterocycles. The molecule has 2 aliphatic heterocycles. The first-order valence-electron chi connectivity index (χ1n) is 12.6. The molecule has 2 aliphatic rings. The van der Waals surface area contributed by atoms with Crippen molar-refractivity contribution in [2.45, 2.75) is 0 Å². The zero-order chi connectivity index (χ0) is 31.8. The number of nitrogens with zero attached hydrogens (tertiary/aromatic N) is 3. The minimum atomic E-state index is -0.984. The van der Waals surface area contributed by atoms with Gasteiger partial charge < -0.3 is 18.9 Å². The number of nitro groups is 1. The number of cyclic esters (lactones) is 4. The van der Waals surface area contributed by atoms with Gasteiger partial charge in [0, 0.05) is 18.2 Å². The highest BCUT2D eigenvalue weighted by atomic mass is 16.6. The SMILES string of the molecule is O=C(Oc1ccc(N=Nc2ccc([N+](=O)[O-])cc2)c(OC(=O)c2ccc3c(c2)C(=O)OC3=O)c1)c1ccc2c(c1)C(=O)OC2=O. The number of hydrogen-bond donors (Lipinski definition) is 0. The van der Waals surface area contributed by atoms with Crippen LogP contribution in [0.1, 0.15) is 62.1 Å². The highest BCUT2D eigenvalue weighted by Gasteiger charge is 2.32. The van der Waals surface area contributed by atoms with Gasteiger partial charge in [-0.05, 0) is 60.7 Å². The molecule has 2 heterocycles. The molecule has 45 heavy (non-hydrogen) atoms. The summed E-state index contributed by atoms with van der Waals surface area (Å²) in [7, 11) is 0. The van der Waals surface area contributed by atoms with Gasteiger partial charge in [-0.1, -0.05) is 0 Å². The number of nitro benzene ring substituents is 1. The molecule has 0 N–H and O–H groups in total. The van der Waals surface area contributed by atoms with E-state index in [4.69, 9.17) is 9.47 Å². The topological polar surface area (TPSA) is 207 Å². The molecule has 15 nitrogen and oxygen atoms in total. The number of azo groups is 1. The Labute approximate surface area is 249 Å². The van der Waals surface area contributed by atoms with Gasteiger partial charge in [-0.25, -0.2) is 28.8 Å². The lowest BCUT2D eigenvalue weighted by Crippen LogP contribution is -2.11. The van der Waals surface area contributed by atoms with E-state index in [0.29, 0.717) is 0 Å². The van der Waals surface area contributed by atoms with E-state index in [0.717, 1.165) is 18.2 Å². The van der Waals surface area contributed by atoms with Crippen LogP contribution in [-0.2, 0) is 9.47 Å². The van der Waals surface area contributed by atoms with E-state index in [1.54, 1.807) is 0 Å². The molecule has 0 aromatic heterocycles. The molecule has 220 valence electrons. The maximum Gasteiger partial charge on any atom is 0.346 e. The van der Waals surface area contributed by atoms with Gasteiger partial charge in [0.05, 0.1) is 44.0 Å². The van der Waals surface area contributed by atoms with Gasteiger partial charge in [-0.2, -0.15) is 5.11 Å². The molecule has 0 radical (unpaired) electrons. The number of rotatable bonds is 7. The van der Waals surface area contributed by atoms with E-state index in [2.05, 4.69) is 19.7 Å². The Morgan fingerprint density at radius 3 is 1.71 bits per heavy atom. The van der Waals surface area contributed by atoms with Crippen LogP contribution in [0.5, 0.6) is 11.5 Å². The first kappa shape index (κ1) is 28.2. The highest BCUT2D eigenvalue weighted by Crippen LogP contribution is 2.35. The molecule has 0 aliphatic carbocycles. The lowest BCUT2D eigenvalue weighted by atomic mass is 10.1. The number of fused-ring (bicyclic) bond motifs is 2. The van der Waals surface area contributed by atoms with Crippen LogP contribution in [0.4, 0.5) is 17.1 Å². The van der Waals surface area contributed by atoms with Crippen LogP contribution in [0.3, 0.4) is 0 Å². The maximum atomic E-state index is 13.1. The number of carbonyl (C=O) groups is 6. The number of hydrogen-bond acceptors (Lipinski definition) is 14. The average Bonchev–Trinajstić information content (AvgIpc) is 3.48. The Morgan fingerprint density at radius 2 is 1.16 bits per heavy atom. The highest BCUT2D eigenvalue weighted by molar-refractivity contribution is 6.16. The molecule has 4 aromatic rings. The van der Waals surface area contributed by atoms with Crippen molar-refractivity contribution >= 4 is 52.9 Å². The van der Waals surface area contributed by atoms with Gasteiger partial charge in [-0.3, -0.25) is 10.1 Å². The summed E-state index contributed by atoms with van der Waals surface area (Å²) >= 11 is 0. The number of non-ortho nitro benzene ring substituents is 1. The first-order valence-corrected chi connectivity index (χ1v) is 12.6. The Morgan fingerprint density at radius 1 is 0.622 bits per heavy atom. The zero-order valence-electron chi connectivity index (χ0n) is 22.2. The quantitative estimate of drug-likeness (QED) is 0.0674. The molecule has 4 aromatic carbocycles. The van der Waals surface area contributed by atoms with Crippen molar-refractivity contribution in [3.8, 4) is 11.5 Å². The first-order chi connectivity index (χ1) is 21.6. The lowest BCUT2D eigenvalue weighted by Gasteiger charge is -2.10. The molecule has 0 unspecified atom stereocenters. The van der Waals surface area contributed by atoms with E-state index in [-0.39, 0.29) is 61.9 Å². The number of esters is 6. The molecule has 0 saturated carbocycles. The molecule has 0 fully saturated rings. The van der Waals surface area contributed by atoms with Crippen LogP contribution < -0.4 is 9.47 Å². The predicted molar refractivity (Wildman–Crippen MR) is 146 cm³/mol. The molecule has 0 atom stereocenters. The van der Waals surface area contributed by atoms with Gasteiger partial charge in [0.2, 0.25) is 0 Å². The minimum Gasteiger partial charge on any atom is -0.423 e. The summed E-state index contributed by atoms with van der Waals surface area (Å²) in [6, 6.07) is 16.1. The fraction of sp³-hybridized carbons (Fsp3) is 0. The van der Waals surface area contributed by atoms with Crippen molar-refractivity contribution < 1.29 is 52.6 Å². The summed E-state index contributed by atoms with van der Waals surface area (Å²) in [6.07, 6.45) is 0. The van der Waals surface area contributed by atoms with Crippen LogP contribution in [0.2, 0.25) is 0 Å². The van der Waals surface area contributed by atoms with E-state index in [1.807, 2.05) is 0 Å². The summed E-state index contributed by atoms with van der Waals surface area (Å²) in [5.41, 5.74) is -0.437. The van der Waals surface area contributed by atoms with Crippen LogP contribution in [-0.4, -0.2) is 40.7 Å². The van der Waals surface area contributed by atoms with Crippen LogP contribution in [0, 0.1) is 10.1 Å². The van der Waals surface area contributed by atoms with Crippen molar-refractivity contribution in [1.29, 1.82) is 0 Å². The van der Waals surface area contributed by atoms with Crippen molar-refractivity contribution in [1.82, 2.24) is 0 Å². The van der Waals surface area contributed by atoms with E-state index in [9.17, 15) is 38.9 Å². The van der Waals surface area contributed by atoms with Crippen LogP contribution in [0.15, 0.2) is 89.1 Å². The molecule has 0 bridgehead atoms. The summed E-state index contributed by atoms with van der Waals surface area (Å²) < 4.78 is 19.9. The van der Waals surface area contributed by atoms with E-state index < -0.39 is 40.7 Å². The van der Waals surface area contributed by atoms with Gasteiger partial charge in [0.1, 0.15) is 11.4 Å². The molecule has 0 amide bonds. The Balaban J connectivity index is 1.29. The van der Waals surface area contributed by atoms with Crippen LogP contribution in [0.25, 0.3) is 0 Å². The summed E-state index contributed by atoms with van der Waals surface area (Å²) in [5, 5.41) is 19.0. The van der Waals surface area contributed by atoms with Crippen molar-refractivity contribution in [3.63, 3.8) is 0 Å². The number of ether oxygens (including phenoxy) is 4. The second-order valence-corrected chi connectivity index (χ2v) is 9.26. The maximum absolute atomic E-state index is 13.1. The third kappa shape index (κ3) is 5.51. The molecule has 0 spiro atoms. The monoisotopic (exact) mass is 607 g/mol. The van der Waals surface area contributed by atoms with Gasteiger partial charge >= 0.3 is 35.8 Å². The van der Waals surface area contributed by atoms with Crippen LogP contribution >= 0.6 is 0 Å². The van der Waals surface area contributed by atoms with E-state index in [1.165, 1.54) is 60.7 Å². The fourth-order valence-corrected chi connectivity index (χ4v) is 4.22. The zero-order valence-corrected chi connectivity index (χ0v) is 22.2. The van der Waals surface area contributed by atoms with E-state index >= 15 is 0 Å². The number of benzene rings is 4. The molecule has 15 heteroatoms. The molecule has 6 rings (SSSR count). The largest absolute Gasteiger partial charge is 0.423 e. The molecular weight excluding hydrogens is 594 g/mol. The Hall–Kier alpha value is -6.90. The van der Waals surface area contributed by atoms with Gasteiger partial charge in [0.25, 0.3) is 5.69 Å². The second kappa shape index (κ2) is 11.1. The number of carbonyl (C=O) groups excluding carboxylic acids is 6. The van der Waals surface area contributed by atoms with Crippen molar-refractivity contribution in [3.05, 3.63) is 122 Å². The second-order valence-electron chi connectivity index (χ2n) is 9.26. The summed E-state index contributed by atoms with van der Waals surface area (Å²) in [6.45, 7) is 0. The normalized spacial score (nSPS) is 13.2. The van der Waals surface area contributed by atoms with Crippen molar-refractivity contribution in [2.75, 3.05) is 0 Å². The Kier molecular flexibility index (Phi) is 6.94. The summed E-state index contributed by atoms with van der Waals surface area (Å²) in [5.74, 6) is -5.83. The fourth-order valence-electron chi connectivity index (χ4n) is 4.22. The Bertz CT molecular complexity index is 2050.